The van der Waals surface area contributed by atoms with Gasteiger partial charge in [0.1, 0.15) is 6.54 Å². The lowest BCUT2D eigenvalue weighted by Gasteiger charge is -2.28. The summed E-state index contributed by atoms with van der Waals surface area (Å²) in [6.07, 6.45) is 5.19. The topological polar surface area (TPSA) is 54.3 Å². The van der Waals surface area contributed by atoms with Crippen LogP contribution in [0.4, 0.5) is 0 Å². The molecule has 3 rings (SSSR count). The Hall–Kier alpha value is -1.62. The molecule has 1 unspecified atom stereocenters. The maximum Gasteiger partial charge on any atom is 0.251 e. The summed E-state index contributed by atoms with van der Waals surface area (Å²) in [5.41, 5.74) is 2.14. The van der Waals surface area contributed by atoms with Gasteiger partial charge < -0.3 is 14.8 Å². The van der Waals surface area contributed by atoms with Crippen molar-refractivity contribution in [2.24, 2.45) is 0 Å². The molecule has 0 saturated heterocycles. The van der Waals surface area contributed by atoms with E-state index in [1.807, 2.05) is 20.2 Å². The van der Waals surface area contributed by atoms with Gasteiger partial charge in [-0.3, -0.25) is 9.59 Å². The van der Waals surface area contributed by atoms with Gasteiger partial charge in [0.15, 0.2) is 0 Å². The van der Waals surface area contributed by atoms with Crippen LogP contribution in [0.3, 0.4) is 0 Å². The molecule has 0 radical (unpaired) electrons. The molecule has 2 aliphatic carbocycles. The zero-order chi connectivity index (χ0) is 15.0. The molecule has 5 nitrogen and oxygen atoms in total. The lowest BCUT2D eigenvalue weighted by atomic mass is 9.91. The molecule has 1 fully saturated rings. The summed E-state index contributed by atoms with van der Waals surface area (Å²) in [4.78, 5) is 26.3. The standard InChI is InChI=1S/C16H23N3O2/c1-17-13-4-3-5-14-12(13)8-9-15(20)19(14)10-16(21)18(2)11-6-7-11/h8-9,11,13,17H,3-7,10H2,1-2H3. The van der Waals surface area contributed by atoms with E-state index in [9.17, 15) is 9.59 Å². The minimum absolute atomic E-state index is 0.0413. The number of hydrogen-bond donors (Lipinski definition) is 1. The number of rotatable bonds is 4. The van der Waals surface area contributed by atoms with Crippen molar-refractivity contribution < 1.29 is 4.79 Å². The number of nitrogens with one attached hydrogen (secondary N) is 1. The van der Waals surface area contributed by atoms with Crippen LogP contribution in [0, 0.1) is 0 Å². The van der Waals surface area contributed by atoms with E-state index in [1.165, 1.54) is 5.56 Å². The van der Waals surface area contributed by atoms with Gasteiger partial charge >= 0.3 is 0 Å². The summed E-state index contributed by atoms with van der Waals surface area (Å²) in [5, 5.41) is 3.30. The average Bonchev–Trinajstić information content (AvgIpc) is 3.33. The van der Waals surface area contributed by atoms with E-state index < -0.39 is 0 Å². The van der Waals surface area contributed by atoms with Crippen LogP contribution in [0.5, 0.6) is 0 Å². The maximum absolute atomic E-state index is 12.3. The molecule has 1 heterocycles. The molecule has 1 atom stereocenters. The SMILES string of the molecule is CNC1CCCc2c1ccc(=O)n2CC(=O)N(C)C1CC1. The van der Waals surface area contributed by atoms with Crippen molar-refractivity contribution >= 4 is 5.91 Å². The van der Waals surface area contributed by atoms with E-state index in [0.29, 0.717) is 6.04 Å². The minimum atomic E-state index is -0.0666. The van der Waals surface area contributed by atoms with Gasteiger partial charge in [-0.25, -0.2) is 0 Å². The molecule has 2 aliphatic rings. The Kier molecular flexibility index (Phi) is 3.85. The highest BCUT2D eigenvalue weighted by molar-refractivity contribution is 5.76. The smallest absolute Gasteiger partial charge is 0.251 e. The average molecular weight is 289 g/mol. The highest BCUT2D eigenvalue weighted by Crippen LogP contribution is 2.29. The summed E-state index contributed by atoms with van der Waals surface area (Å²) < 4.78 is 1.68. The first-order valence-corrected chi connectivity index (χ1v) is 7.77. The number of fused-ring (bicyclic) bond motifs is 1. The summed E-state index contributed by atoms with van der Waals surface area (Å²) >= 11 is 0. The molecule has 5 heteroatoms. The number of hydrogen-bond acceptors (Lipinski definition) is 3. The Bertz CT molecular complexity index is 604. The number of pyridine rings is 1. The Morgan fingerprint density at radius 1 is 1.38 bits per heavy atom. The number of carbonyl (C=O) groups is 1. The van der Waals surface area contributed by atoms with Gasteiger partial charge in [0.2, 0.25) is 5.91 Å². The van der Waals surface area contributed by atoms with E-state index in [1.54, 1.807) is 15.5 Å². The highest BCUT2D eigenvalue weighted by Gasteiger charge is 2.30. The van der Waals surface area contributed by atoms with E-state index >= 15 is 0 Å². The van der Waals surface area contributed by atoms with Crippen LogP contribution in [0.1, 0.15) is 43.0 Å². The molecule has 1 aromatic heterocycles. The largest absolute Gasteiger partial charge is 0.341 e. The zero-order valence-corrected chi connectivity index (χ0v) is 12.8. The molecular weight excluding hydrogens is 266 g/mol. The van der Waals surface area contributed by atoms with Crippen LogP contribution in [0.15, 0.2) is 16.9 Å². The van der Waals surface area contributed by atoms with Gasteiger partial charge in [0, 0.05) is 30.9 Å². The zero-order valence-electron chi connectivity index (χ0n) is 12.8. The second-order valence-electron chi connectivity index (χ2n) is 6.13. The summed E-state index contributed by atoms with van der Waals surface area (Å²) in [7, 11) is 3.79. The van der Waals surface area contributed by atoms with Crippen LogP contribution < -0.4 is 10.9 Å². The van der Waals surface area contributed by atoms with Crippen molar-refractivity contribution in [2.45, 2.75) is 50.7 Å². The second-order valence-corrected chi connectivity index (χ2v) is 6.13. The predicted octanol–water partition coefficient (Wildman–Crippen LogP) is 1.07. The molecule has 0 aromatic carbocycles. The fourth-order valence-corrected chi connectivity index (χ4v) is 3.25. The Balaban J connectivity index is 1.90. The van der Waals surface area contributed by atoms with Crippen LogP contribution in [0.25, 0.3) is 0 Å². The fourth-order valence-electron chi connectivity index (χ4n) is 3.25. The van der Waals surface area contributed by atoms with Crippen molar-refractivity contribution in [1.82, 2.24) is 14.8 Å². The van der Waals surface area contributed by atoms with E-state index in [0.717, 1.165) is 37.8 Å². The minimum Gasteiger partial charge on any atom is -0.341 e. The number of carbonyl (C=O) groups excluding carboxylic acids is 1. The lowest BCUT2D eigenvalue weighted by molar-refractivity contribution is -0.131. The molecule has 0 spiro atoms. The Morgan fingerprint density at radius 2 is 2.14 bits per heavy atom. The van der Waals surface area contributed by atoms with Crippen LogP contribution >= 0.6 is 0 Å². The maximum atomic E-state index is 12.3. The van der Waals surface area contributed by atoms with Crippen molar-refractivity contribution in [3.05, 3.63) is 33.7 Å². The number of nitrogens with zero attached hydrogens (tertiary/aromatic N) is 2. The van der Waals surface area contributed by atoms with E-state index in [4.69, 9.17) is 0 Å². The van der Waals surface area contributed by atoms with Crippen LogP contribution in [0.2, 0.25) is 0 Å². The van der Waals surface area contributed by atoms with Crippen molar-refractivity contribution in [1.29, 1.82) is 0 Å². The number of amides is 1. The third-order valence-corrected chi connectivity index (χ3v) is 4.74. The monoisotopic (exact) mass is 289 g/mol. The molecule has 1 saturated carbocycles. The van der Waals surface area contributed by atoms with Crippen molar-refractivity contribution in [2.75, 3.05) is 14.1 Å². The van der Waals surface area contributed by atoms with Gasteiger partial charge in [0.25, 0.3) is 5.56 Å². The van der Waals surface area contributed by atoms with Gasteiger partial charge in [-0.15, -0.1) is 0 Å². The summed E-state index contributed by atoms with van der Waals surface area (Å²) in [6.45, 7) is 0.172. The molecule has 1 N–H and O–H groups in total. The Morgan fingerprint density at radius 3 is 2.81 bits per heavy atom. The first-order chi connectivity index (χ1) is 10.1. The molecule has 0 bridgehead atoms. The second kappa shape index (κ2) is 5.64. The van der Waals surface area contributed by atoms with Crippen LogP contribution in [-0.4, -0.2) is 35.5 Å². The van der Waals surface area contributed by atoms with Gasteiger partial charge in [0.05, 0.1) is 0 Å². The quantitative estimate of drug-likeness (QED) is 0.902. The molecule has 1 aromatic rings. The predicted molar refractivity (Wildman–Crippen MR) is 81.2 cm³/mol. The third-order valence-electron chi connectivity index (χ3n) is 4.74. The highest BCUT2D eigenvalue weighted by atomic mass is 16.2. The normalized spacial score (nSPS) is 21.0. The van der Waals surface area contributed by atoms with E-state index in [-0.39, 0.29) is 24.1 Å². The first-order valence-electron chi connectivity index (χ1n) is 7.77. The van der Waals surface area contributed by atoms with Gasteiger partial charge in [-0.2, -0.15) is 0 Å². The van der Waals surface area contributed by atoms with Crippen molar-refractivity contribution in [3.63, 3.8) is 0 Å². The molecular formula is C16H23N3O2. The van der Waals surface area contributed by atoms with Crippen molar-refractivity contribution in [3.8, 4) is 0 Å². The lowest BCUT2D eigenvalue weighted by Crippen LogP contribution is -2.37. The third kappa shape index (κ3) is 2.75. The molecule has 114 valence electrons. The number of aromatic nitrogens is 1. The molecule has 0 aliphatic heterocycles. The fraction of sp³-hybridized carbons (Fsp3) is 0.625. The Labute approximate surface area is 124 Å². The van der Waals surface area contributed by atoms with Gasteiger partial charge in [-0.1, -0.05) is 6.07 Å². The van der Waals surface area contributed by atoms with Crippen LogP contribution in [-0.2, 0) is 17.8 Å². The molecule has 21 heavy (non-hydrogen) atoms. The number of likely N-dealkylation sites (N-methyl/N-ethyl adjacent to an activating group) is 1. The summed E-state index contributed by atoms with van der Waals surface area (Å²) in [5.74, 6) is 0.0413. The first kappa shape index (κ1) is 14.3. The molecule has 1 amide bonds. The summed E-state index contributed by atoms with van der Waals surface area (Å²) in [6, 6.07) is 4.19. The van der Waals surface area contributed by atoms with E-state index in [2.05, 4.69) is 5.32 Å². The van der Waals surface area contributed by atoms with Gasteiger partial charge in [-0.05, 0) is 44.7 Å².